The SMILES string of the molecule is NC(=O)COc1ccc(CNCC2CCS(=O)(=O)C2)cc1. The molecule has 0 saturated carbocycles. The standard InChI is InChI=1S/C14H20N2O4S/c15-14(17)9-20-13-3-1-11(2-4-13)7-16-8-12-5-6-21(18,19)10-12/h1-4,12,16H,5-10H2,(H2,15,17). The molecule has 6 nitrogen and oxygen atoms in total. The van der Waals surface area contributed by atoms with E-state index in [0.29, 0.717) is 30.3 Å². The summed E-state index contributed by atoms with van der Waals surface area (Å²) >= 11 is 0. The summed E-state index contributed by atoms with van der Waals surface area (Å²) in [5, 5.41) is 3.27. The smallest absolute Gasteiger partial charge is 0.255 e. The van der Waals surface area contributed by atoms with Crippen LogP contribution in [0.1, 0.15) is 12.0 Å². The van der Waals surface area contributed by atoms with E-state index in [-0.39, 0.29) is 12.5 Å². The van der Waals surface area contributed by atoms with Gasteiger partial charge in [0.05, 0.1) is 11.5 Å². The van der Waals surface area contributed by atoms with Gasteiger partial charge in [-0.2, -0.15) is 0 Å². The van der Waals surface area contributed by atoms with Crippen molar-refractivity contribution in [2.75, 3.05) is 24.7 Å². The minimum absolute atomic E-state index is 0.131. The lowest BCUT2D eigenvalue weighted by Crippen LogP contribution is -2.23. The van der Waals surface area contributed by atoms with Crippen molar-refractivity contribution in [3.63, 3.8) is 0 Å². The molecular weight excluding hydrogens is 292 g/mol. The summed E-state index contributed by atoms with van der Waals surface area (Å²) in [7, 11) is -2.80. The van der Waals surface area contributed by atoms with Gasteiger partial charge in [0.15, 0.2) is 16.4 Å². The van der Waals surface area contributed by atoms with Crippen LogP contribution < -0.4 is 15.8 Å². The lowest BCUT2D eigenvalue weighted by Gasteiger charge is -2.10. The summed E-state index contributed by atoms with van der Waals surface area (Å²) in [6.45, 7) is 1.25. The van der Waals surface area contributed by atoms with E-state index < -0.39 is 15.7 Å². The molecule has 0 aromatic heterocycles. The minimum Gasteiger partial charge on any atom is -0.484 e. The lowest BCUT2D eigenvalue weighted by molar-refractivity contribution is -0.119. The Morgan fingerprint density at radius 3 is 2.62 bits per heavy atom. The molecule has 0 aliphatic carbocycles. The summed E-state index contributed by atoms with van der Waals surface area (Å²) in [5.41, 5.74) is 6.07. The fourth-order valence-electron chi connectivity index (χ4n) is 2.31. The molecule has 1 aromatic carbocycles. The number of hydrogen-bond donors (Lipinski definition) is 2. The summed E-state index contributed by atoms with van der Waals surface area (Å²) < 4.78 is 27.9. The number of ether oxygens (including phenoxy) is 1. The van der Waals surface area contributed by atoms with Crippen LogP contribution in [-0.2, 0) is 21.2 Å². The Hall–Kier alpha value is -1.60. The molecule has 1 aliphatic heterocycles. The Balaban J connectivity index is 1.72. The molecule has 3 N–H and O–H groups in total. The average Bonchev–Trinajstić information content (AvgIpc) is 2.77. The highest BCUT2D eigenvalue weighted by molar-refractivity contribution is 7.91. The third-order valence-electron chi connectivity index (χ3n) is 3.39. The van der Waals surface area contributed by atoms with Crippen LogP contribution >= 0.6 is 0 Å². The van der Waals surface area contributed by atoms with Gasteiger partial charge >= 0.3 is 0 Å². The maximum atomic E-state index is 11.3. The largest absolute Gasteiger partial charge is 0.484 e. The molecule has 116 valence electrons. The summed E-state index contributed by atoms with van der Waals surface area (Å²) in [4.78, 5) is 10.6. The van der Waals surface area contributed by atoms with Crippen LogP contribution in [0.5, 0.6) is 5.75 Å². The highest BCUT2D eigenvalue weighted by atomic mass is 32.2. The topological polar surface area (TPSA) is 98.5 Å². The first kappa shape index (κ1) is 15.8. The second kappa shape index (κ2) is 6.91. The van der Waals surface area contributed by atoms with Crippen molar-refractivity contribution in [2.24, 2.45) is 11.7 Å². The number of sulfone groups is 1. The molecule has 0 spiro atoms. The van der Waals surface area contributed by atoms with Crippen molar-refractivity contribution in [3.8, 4) is 5.75 Å². The highest BCUT2D eigenvalue weighted by Gasteiger charge is 2.27. The van der Waals surface area contributed by atoms with Gasteiger partial charge in [-0.25, -0.2) is 8.42 Å². The van der Waals surface area contributed by atoms with Crippen molar-refractivity contribution in [2.45, 2.75) is 13.0 Å². The normalized spacial score (nSPS) is 20.3. The second-order valence-corrected chi connectivity index (χ2v) is 7.53. The van der Waals surface area contributed by atoms with E-state index in [1.165, 1.54) is 0 Å². The van der Waals surface area contributed by atoms with E-state index in [4.69, 9.17) is 10.5 Å². The molecule has 1 aromatic rings. The van der Waals surface area contributed by atoms with Crippen molar-refractivity contribution < 1.29 is 17.9 Å². The van der Waals surface area contributed by atoms with Crippen molar-refractivity contribution in [1.82, 2.24) is 5.32 Å². The van der Waals surface area contributed by atoms with Crippen molar-refractivity contribution >= 4 is 15.7 Å². The van der Waals surface area contributed by atoms with E-state index >= 15 is 0 Å². The monoisotopic (exact) mass is 312 g/mol. The van der Waals surface area contributed by atoms with Gasteiger partial charge < -0.3 is 15.8 Å². The van der Waals surface area contributed by atoms with Crippen LogP contribution in [-0.4, -0.2) is 39.0 Å². The van der Waals surface area contributed by atoms with Gasteiger partial charge in [-0.05, 0) is 36.6 Å². The van der Waals surface area contributed by atoms with Gasteiger partial charge in [-0.1, -0.05) is 12.1 Å². The molecule has 1 unspecified atom stereocenters. The number of hydrogen-bond acceptors (Lipinski definition) is 5. The van der Waals surface area contributed by atoms with Crippen LogP contribution in [0.25, 0.3) is 0 Å². The maximum absolute atomic E-state index is 11.3. The minimum atomic E-state index is -2.80. The van der Waals surface area contributed by atoms with Gasteiger partial charge in [0.1, 0.15) is 5.75 Å². The zero-order valence-electron chi connectivity index (χ0n) is 11.7. The first-order chi connectivity index (χ1) is 9.94. The van der Waals surface area contributed by atoms with Gasteiger partial charge in [0.25, 0.3) is 5.91 Å². The number of rotatable bonds is 7. The number of carbonyl (C=O) groups excluding carboxylic acids is 1. The molecule has 1 heterocycles. The van der Waals surface area contributed by atoms with E-state index in [0.717, 1.165) is 12.0 Å². The molecule has 1 fully saturated rings. The van der Waals surface area contributed by atoms with E-state index in [9.17, 15) is 13.2 Å². The summed E-state index contributed by atoms with van der Waals surface area (Å²) in [6.07, 6.45) is 0.745. The third kappa shape index (κ3) is 5.35. The number of benzene rings is 1. The fraction of sp³-hybridized carbons (Fsp3) is 0.500. The Morgan fingerprint density at radius 2 is 2.05 bits per heavy atom. The Bertz CT molecular complexity index is 583. The lowest BCUT2D eigenvalue weighted by atomic mass is 10.1. The maximum Gasteiger partial charge on any atom is 0.255 e. The summed E-state index contributed by atoms with van der Waals surface area (Å²) in [5.74, 6) is 0.908. The molecule has 1 aliphatic rings. The Labute approximate surface area is 124 Å². The average molecular weight is 312 g/mol. The molecular formula is C14H20N2O4S. The van der Waals surface area contributed by atoms with Crippen molar-refractivity contribution in [3.05, 3.63) is 29.8 Å². The number of amides is 1. The van der Waals surface area contributed by atoms with Crippen LogP contribution in [0.3, 0.4) is 0 Å². The molecule has 2 rings (SSSR count). The zero-order valence-corrected chi connectivity index (χ0v) is 12.6. The second-order valence-electron chi connectivity index (χ2n) is 5.30. The van der Waals surface area contributed by atoms with Gasteiger partial charge in [0, 0.05) is 6.54 Å². The first-order valence-corrected chi connectivity index (χ1v) is 8.68. The van der Waals surface area contributed by atoms with Crippen LogP contribution in [0.4, 0.5) is 0 Å². The third-order valence-corrected chi connectivity index (χ3v) is 5.23. The zero-order chi connectivity index (χ0) is 15.3. The molecule has 7 heteroatoms. The predicted octanol–water partition coefficient (Wildman–Crippen LogP) is 0.0750. The molecule has 1 atom stereocenters. The molecule has 1 saturated heterocycles. The van der Waals surface area contributed by atoms with Gasteiger partial charge in [-0.3, -0.25) is 4.79 Å². The van der Waals surface area contributed by atoms with E-state index in [2.05, 4.69) is 5.32 Å². The Kier molecular flexibility index (Phi) is 5.19. The number of primary amides is 1. The quantitative estimate of drug-likeness (QED) is 0.742. The first-order valence-electron chi connectivity index (χ1n) is 6.86. The predicted molar refractivity (Wildman–Crippen MR) is 79.6 cm³/mol. The number of carbonyl (C=O) groups is 1. The molecule has 21 heavy (non-hydrogen) atoms. The summed E-state index contributed by atoms with van der Waals surface area (Å²) in [6, 6.07) is 7.35. The van der Waals surface area contributed by atoms with E-state index in [1.54, 1.807) is 12.1 Å². The van der Waals surface area contributed by atoms with Gasteiger partial charge in [-0.15, -0.1) is 0 Å². The van der Waals surface area contributed by atoms with Crippen molar-refractivity contribution in [1.29, 1.82) is 0 Å². The molecule has 0 bridgehead atoms. The van der Waals surface area contributed by atoms with Crippen LogP contribution in [0.2, 0.25) is 0 Å². The van der Waals surface area contributed by atoms with Crippen LogP contribution in [0.15, 0.2) is 24.3 Å². The number of nitrogens with two attached hydrogens (primary N) is 1. The van der Waals surface area contributed by atoms with E-state index in [1.807, 2.05) is 12.1 Å². The molecule has 1 amide bonds. The van der Waals surface area contributed by atoms with Crippen LogP contribution in [0, 0.1) is 5.92 Å². The number of nitrogens with one attached hydrogen (secondary N) is 1. The molecule has 0 radical (unpaired) electrons. The highest BCUT2D eigenvalue weighted by Crippen LogP contribution is 2.17. The van der Waals surface area contributed by atoms with Gasteiger partial charge in [0.2, 0.25) is 0 Å². The Morgan fingerprint density at radius 1 is 1.33 bits per heavy atom. The fourth-order valence-corrected chi connectivity index (χ4v) is 4.17.